The smallest absolute Gasteiger partial charge is 0.251 e. The largest absolute Gasteiger partial charge is 0.345 e. The fraction of sp³-hybridized carbons (Fsp3) is 0.273. The van der Waals surface area contributed by atoms with Crippen LogP contribution in [-0.2, 0) is 11.8 Å². The number of nitrogens with one attached hydrogen (secondary N) is 2. The summed E-state index contributed by atoms with van der Waals surface area (Å²) in [6, 6.07) is 16.7. The van der Waals surface area contributed by atoms with Crippen LogP contribution in [0.5, 0.6) is 0 Å². The predicted octanol–water partition coefficient (Wildman–Crippen LogP) is 3.67. The molecule has 0 radical (unpaired) electrons. The number of aryl methyl sites for hydroxylation is 1. The zero-order valence-electron chi connectivity index (χ0n) is 17.2. The molecule has 1 aromatic heterocycles. The van der Waals surface area contributed by atoms with Crippen molar-refractivity contribution in [2.24, 2.45) is 13.0 Å². The highest BCUT2D eigenvalue weighted by molar-refractivity contribution is 7.99. The highest BCUT2D eigenvalue weighted by Crippen LogP contribution is 2.22. The van der Waals surface area contributed by atoms with Gasteiger partial charge in [0.1, 0.15) is 6.33 Å². The maximum absolute atomic E-state index is 12.8. The van der Waals surface area contributed by atoms with Crippen molar-refractivity contribution in [2.75, 3.05) is 11.1 Å². The fourth-order valence-electron chi connectivity index (χ4n) is 2.99. The first kappa shape index (κ1) is 21.6. The van der Waals surface area contributed by atoms with Crippen LogP contribution in [0.3, 0.4) is 0 Å². The second-order valence-electron chi connectivity index (χ2n) is 7.25. The van der Waals surface area contributed by atoms with Crippen molar-refractivity contribution in [3.8, 4) is 0 Å². The van der Waals surface area contributed by atoms with Crippen molar-refractivity contribution < 1.29 is 9.59 Å². The Kier molecular flexibility index (Phi) is 7.24. The Balaban J connectivity index is 1.63. The lowest BCUT2D eigenvalue weighted by atomic mass is 9.95. The van der Waals surface area contributed by atoms with E-state index in [1.54, 1.807) is 35.2 Å². The normalized spacial score (nSPS) is 11.9. The first-order valence-corrected chi connectivity index (χ1v) is 10.6. The molecular weight excluding hydrogens is 398 g/mol. The number of nitrogens with zero attached hydrogens (tertiary/aromatic N) is 3. The van der Waals surface area contributed by atoms with E-state index in [0.29, 0.717) is 16.4 Å². The lowest BCUT2D eigenvalue weighted by Crippen LogP contribution is -2.31. The van der Waals surface area contributed by atoms with Gasteiger partial charge in [0.25, 0.3) is 5.91 Å². The first-order chi connectivity index (χ1) is 14.4. The standard InChI is InChI=1S/C22H25N5O2S/c1-15(2)20(16-8-5-4-6-9-16)25-21(29)17-10-7-11-18(12-17)24-19(28)13-30-22-26-23-14-27(22)3/h4-12,14-15,20H,13H2,1-3H3,(H,24,28)(H,25,29). The minimum atomic E-state index is -0.179. The van der Waals surface area contributed by atoms with Crippen molar-refractivity contribution in [1.29, 1.82) is 0 Å². The van der Waals surface area contributed by atoms with Gasteiger partial charge in [-0.1, -0.05) is 62.0 Å². The molecule has 30 heavy (non-hydrogen) atoms. The van der Waals surface area contributed by atoms with Gasteiger partial charge in [-0.05, 0) is 29.7 Å². The number of hydrogen-bond acceptors (Lipinski definition) is 5. The molecule has 7 nitrogen and oxygen atoms in total. The zero-order chi connectivity index (χ0) is 21.5. The Morgan fingerprint density at radius 2 is 1.87 bits per heavy atom. The van der Waals surface area contributed by atoms with Gasteiger partial charge in [0.05, 0.1) is 11.8 Å². The number of hydrogen-bond donors (Lipinski definition) is 2. The molecule has 0 fully saturated rings. The average Bonchev–Trinajstić information content (AvgIpc) is 3.15. The third kappa shape index (κ3) is 5.70. The molecule has 8 heteroatoms. The number of anilines is 1. The molecule has 156 valence electrons. The van der Waals surface area contributed by atoms with Crippen LogP contribution in [0, 0.1) is 5.92 Å². The van der Waals surface area contributed by atoms with Crippen molar-refractivity contribution in [3.05, 3.63) is 72.1 Å². The second kappa shape index (κ2) is 10.1. The van der Waals surface area contributed by atoms with Crippen molar-refractivity contribution >= 4 is 29.3 Å². The molecule has 0 aliphatic heterocycles. The monoisotopic (exact) mass is 423 g/mol. The lowest BCUT2D eigenvalue weighted by molar-refractivity contribution is -0.113. The van der Waals surface area contributed by atoms with Gasteiger partial charge in [-0.2, -0.15) is 0 Å². The molecule has 0 saturated heterocycles. The second-order valence-corrected chi connectivity index (χ2v) is 8.19. The van der Waals surface area contributed by atoms with E-state index in [4.69, 9.17) is 0 Å². The van der Waals surface area contributed by atoms with Crippen LogP contribution >= 0.6 is 11.8 Å². The molecule has 0 aliphatic carbocycles. The Labute approximate surface area is 180 Å². The zero-order valence-corrected chi connectivity index (χ0v) is 18.0. The van der Waals surface area contributed by atoms with E-state index in [1.165, 1.54) is 11.8 Å². The minimum absolute atomic E-state index is 0.0975. The molecule has 3 aromatic rings. The van der Waals surface area contributed by atoms with E-state index < -0.39 is 0 Å². The molecule has 0 aliphatic rings. The van der Waals surface area contributed by atoms with Gasteiger partial charge < -0.3 is 15.2 Å². The molecule has 0 saturated carbocycles. The quantitative estimate of drug-likeness (QED) is 0.540. The maximum Gasteiger partial charge on any atom is 0.251 e. The van der Waals surface area contributed by atoms with Gasteiger partial charge in [-0.25, -0.2) is 0 Å². The number of aromatic nitrogens is 3. The van der Waals surface area contributed by atoms with Crippen LogP contribution in [-0.4, -0.2) is 32.3 Å². The summed E-state index contributed by atoms with van der Waals surface area (Å²) in [7, 11) is 1.82. The van der Waals surface area contributed by atoms with Crippen molar-refractivity contribution in [1.82, 2.24) is 20.1 Å². The molecule has 2 aromatic carbocycles. The third-order valence-electron chi connectivity index (χ3n) is 4.52. The molecular formula is C22H25N5O2S. The van der Waals surface area contributed by atoms with Crippen LogP contribution in [0.4, 0.5) is 5.69 Å². The average molecular weight is 424 g/mol. The van der Waals surface area contributed by atoms with E-state index in [9.17, 15) is 9.59 Å². The minimum Gasteiger partial charge on any atom is -0.345 e. The summed E-state index contributed by atoms with van der Waals surface area (Å²) in [5, 5.41) is 14.3. The Morgan fingerprint density at radius 3 is 2.53 bits per heavy atom. The molecule has 1 heterocycles. The highest BCUT2D eigenvalue weighted by atomic mass is 32.2. The summed E-state index contributed by atoms with van der Waals surface area (Å²) in [4.78, 5) is 25.1. The summed E-state index contributed by atoms with van der Waals surface area (Å²) in [5.41, 5.74) is 2.13. The third-order valence-corrected chi connectivity index (χ3v) is 5.56. The van der Waals surface area contributed by atoms with Gasteiger partial charge >= 0.3 is 0 Å². The van der Waals surface area contributed by atoms with E-state index in [0.717, 1.165) is 5.56 Å². The Bertz CT molecular complexity index is 1000. The van der Waals surface area contributed by atoms with E-state index in [-0.39, 0.29) is 29.5 Å². The van der Waals surface area contributed by atoms with Gasteiger partial charge in [-0.3, -0.25) is 9.59 Å². The molecule has 0 bridgehead atoms. The summed E-state index contributed by atoms with van der Waals surface area (Å²) < 4.78 is 1.75. The number of rotatable bonds is 8. The maximum atomic E-state index is 12.8. The fourth-order valence-corrected chi connectivity index (χ4v) is 3.68. The van der Waals surface area contributed by atoms with Gasteiger partial charge in [-0.15, -0.1) is 10.2 Å². The SMILES string of the molecule is CC(C)C(NC(=O)c1cccc(NC(=O)CSc2nncn2C)c1)c1ccccc1. The molecule has 1 atom stereocenters. The van der Waals surface area contributed by atoms with Gasteiger partial charge in [0.2, 0.25) is 5.91 Å². The van der Waals surface area contributed by atoms with E-state index in [2.05, 4.69) is 34.7 Å². The topological polar surface area (TPSA) is 88.9 Å². The number of amides is 2. The number of benzene rings is 2. The predicted molar refractivity (Wildman–Crippen MR) is 118 cm³/mol. The molecule has 2 N–H and O–H groups in total. The van der Waals surface area contributed by atoms with Crippen LogP contribution < -0.4 is 10.6 Å². The summed E-state index contributed by atoms with van der Waals surface area (Å²) in [6.07, 6.45) is 1.59. The van der Waals surface area contributed by atoms with Crippen molar-refractivity contribution in [2.45, 2.75) is 25.0 Å². The lowest BCUT2D eigenvalue weighted by Gasteiger charge is -2.23. The highest BCUT2D eigenvalue weighted by Gasteiger charge is 2.19. The number of carbonyl (C=O) groups is 2. The van der Waals surface area contributed by atoms with Crippen LogP contribution in [0.2, 0.25) is 0 Å². The molecule has 1 unspecified atom stereocenters. The molecule has 0 spiro atoms. The summed E-state index contributed by atoms with van der Waals surface area (Å²) in [6.45, 7) is 4.15. The van der Waals surface area contributed by atoms with E-state index in [1.807, 2.05) is 37.4 Å². The van der Waals surface area contributed by atoms with Gasteiger partial charge in [0, 0.05) is 18.3 Å². The molecule has 3 rings (SSSR count). The first-order valence-electron chi connectivity index (χ1n) is 9.66. The van der Waals surface area contributed by atoms with Crippen LogP contribution in [0.15, 0.2) is 66.1 Å². The summed E-state index contributed by atoms with van der Waals surface area (Å²) in [5.74, 6) is 0.0794. The number of carbonyl (C=O) groups excluding carboxylic acids is 2. The van der Waals surface area contributed by atoms with Crippen LogP contribution in [0.1, 0.15) is 35.8 Å². The Hall–Kier alpha value is -3.13. The molecule has 2 amide bonds. The Morgan fingerprint density at radius 1 is 1.10 bits per heavy atom. The van der Waals surface area contributed by atoms with Crippen LogP contribution in [0.25, 0.3) is 0 Å². The van der Waals surface area contributed by atoms with E-state index >= 15 is 0 Å². The van der Waals surface area contributed by atoms with Gasteiger partial charge in [0.15, 0.2) is 5.16 Å². The summed E-state index contributed by atoms with van der Waals surface area (Å²) >= 11 is 1.30. The number of thioether (sulfide) groups is 1. The van der Waals surface area contributed by atoms with Crippen molar-refractivity contribution in [3.63, 3.8) is 0 Å².